The van der Waals surface area contributed by atoms with E-state index in [-0.39, 0.29) is 29.7 Å². The van der Waals surface area contributed by atoms with Crippen LogP contribution in [0.5, 0.6) is 11.6 Å². The number of rotatable bonds is 6. The van der Waals surface area contributed by atoms with Gasteiger partial charge < -0.3 is 28.7 Å². The van der Waals surface area contributed by atoms with E-state index in [2.05, 4.69) is 16.9 Å². The molecule has 0 bridgehead atoms. The number of carbonyl (C=O) groups excluding carboxylic acids is 2. The Bertz CT molecular complexity index is 1770. The maximum absolute atomic E-state index is 17.0. The summed E-state index contributed by atoms with van der Waals surface area (Å²) in [7, 11) is 2.06. The van der Waals surface area contributed by atoms with Crippen LogP contribution in [-0.4, -0.2) is 95.1 Å². The number of likely N-dealkylation sites (N-methyl/N-ethyl adjacent to an activating group) is 1. The van der Waals surface area contributed by atoms with Gasteiger partial charge in [0.1, 0.15) is 34.8 Å². The number of anilines is 1. The Hall–Kier alpha value is -4.19. The smallest absolute Gasteiger partial charge is 0.415 e. The highest BCUT2D eigenvalue weighted by atomic mass is 19.1. The number of aryl methyl sites for hydroxylation is 1. The van der Waals surface area contributed by atoms with Gasteiger partial charge in [-0.1, -0.05) is 26.0 Å². The second-order valence-electron chi connectivity index (χ2n) is 15.6. The van der Waals surface area contributed by atoms with Crippen molar-refractivity contribution in [3.05, 3.63) is 41.3 Å². The number of ether oxygens (including phenoxy) is 4. The standard InChI is InChI=1S/C38H50FN5O6.C2H6/c1-23-32(44(36(46)50-38(5,6)7)25-16-18-43(21-25)35(45)49-37(2,3)4)28-20-40-30(27-15-9-12-24-13-11-19-47-33(24)27)29(39)31(28)41-34(23)48-22-26-14-10-17-42(26)8;1-2/h9,12,15,20,25-26H,10-11,13-14,16-19,21-22H2,1-8H3;1-2H3. The molecular formula is C40H56FN5O6. The molecule has 0 N–H and O–H groups in total. The first-order valence-electron chi connectivity index (χ1n) is 18.7. The van der Waals surface area contributed by atoms with Crippen LogP contribution in [0.3, 0.4) is 0 Å². The van der Waals surface area contributed by atoms with Crippen molar-refractivity contribution in [2.24, 2.45) is 0 Å². The molecule has 0 radical (unpaired) electrons. The topological polar surface area (TPSA) is 107 Å². The van der Waals surface area contributed by atoms with E-state index in [9.17, 15) is 9.59 Å². The van der Waals surface area contributed by atoms with Gasteiger partial charge in [0, 0.05) is 41.8 Å². The molecule has 2 aromatic heterocycles. The summed E-state index contributed by atoms with van der Waals surface area (Å²) in [6, 6.07) is 5.35. The van der Waals surface area contributed by atoms with E-state index in [4.69, 9.17) is 23.9 Å². The van der Waals surface area contributed by atoms with Gasteiger partial charge in [-0.2, -0.15) is 0 Å². The number of fused-ring (bicyclic) bond motifs is 2. The molecule has 5 heterocycles. The van der Waals surface area contributed by atoms with E-state index < -0.39 is 35.2 Å². The third-order valence-electron chi connectivity index (χ3n) is 9.42. The maximum Gasteiger partial charge on any atom is 0.415 e. The van der Waals surface area contributed by atoms with Gasteiger partial charge >= 0.3 is 12.2 Å². The molecule has 3 aromatic rings. The van der Waals surface area contributed by atoms with Gasteiger partial charge in [0.2, 0.25) is 5.88 Å². The molecule has 2 fully saturated rings. The van der Waals surface area contributed by atoms with Crippen molar-refractivity contribution in [2.45, 2.75) is 118 Å². The third kappa shape index (κ3) is 8.54. The Balaban J connectivity index is 0.00000257. The van der Waals surface area contributed by atoms with E-state index in [0.29, 0.717) is 54.1 Å². The minimum absolute atomic E-state index is 0.0225. The molecule has 0 aliphatic carbocycles. The first-order chi connectivity index (χ1) is 24.6. The summed E-state index contributed by atoms with van der Waals surface area (Å²) in [6.45, 7) is 19.1. The minimum atomic E-state index is -0.828. The third-order valence-corrected chi connectivity index (χ3v) is 9.42. The van der Waals surface area contributed by atoms with Crippen molar-refractivity contribution >= 4 is 28.8 Å². The highest BCUT2D eigenvalue weighted by Gasteiger charge is 2.40. The van der Waals surface area contributed by atoms with Gasteiger partial charge in [-0.15, -0.1) is 0 Å². The Morgan fingerprint density at radius 2 is 1.77 bits per heavy atom. The summed E-state index contributed by atoms with van der Waals surface area (Å²) in [4.78, 5) is 42.2. The number of nitrogens with zero attached hydrogens (tertiary/aromatic N) is 5. The molecule has 12 heteroatoms. The lowest BCUT2D eigenvalue weighted by Crippen LogP contribution is -2.46. The fourth-order valence-electron chi connectivity index (χ4n) is 7.01. The minimum Gasteiger partial charge on any atom is -0.493 e. The van der Waals surface area contributed by atoms with Gasteiger partial charge in [0.15, 0.2) is 5.82 Å². The van der Waals surface area contributed by atoms with Crippen molar-refractivity contribution in [1.29, 1.82) is 0 Å². The molecule has 3 aliphatic heterocycles. The zero-order valence-electron chi connectivity index (χ0n) is 32.6. The zero-order valence-corrected chi connectivity index (χ0v) is 32.6. The average Bonchev–Trinajstić information content (AvgIpc) is 3.74. The van der Waals surface area contributed by atoms with E-state index in [0.717, 1.165) is 37.8 Å². The predicted octanol–water partition coefficient (Wildman–Crippen LogP) is 8.32. The van der Waals surface area contributed by atoms with Crippen LogP contribution in [-0.2, 0) is 15.9 Å². The lowest BCUT2D eigenvalue weighted by atomic mass is 9.99. The Kier molecular flexibility index (Phi) is 11.9. The summed E-state index contributed by atoms with van der Waals surface area (Å²) in [5, 5.41) is 0.335. The van der Waals surface area contributed by atoms with E-state index in [1.54, 1.807) is 37.9 Å². The number of para-hydroxylation sites is 1. The fraction of sp³-hybridized carbons (Fsp3) is 0.600. The SMILES string of the molecule is CC.Cc1c(OCC2CCCN2C)nc2c(F)c(-c3cccc4c3OCCC4)ncc2c1N(C(=O)OC(C)(C)C)C1CCN(C(=O)OC(C)(C)C)C1. The molecule has 11 nitrogen and oxygen atoms in total. The summed E-state index contributed by atoms with van der Waals surface area (Å²) in [6.07, 6.45) is 4.69. The molecule has 3 aliphatic rings. The summed E-state index contributed by atoms with van der Waals surface area (Å²) in [5.74, 6) is 0.215. The van der Waals surface area contributed by atoms with Crippen molar-refractivity contribution in [1.82, 2.24) is 19.8 Å². The van der Waals surface area contributed by atoms with Crippen LogP contribution in [0.1, 0.15) is 92.2 Å². The first kappa shape index (κ1) is 39.0. The predicted molar refractivity (Wildman–Crippen MR) is 201 cm³/mol. The molecule has 284 valence electrons. The lowest BCUT2D eigenvalue weighted by molar-refractivity contribution is 0.0287. The van der Waals surface area contributed by atoms with Crippen LogP contribution < -0.4 is 14.4 Å². The fourth-order valence-corrected chi connectivity index (χ4v) is 7.01. The molecular weight excluding hydrogens is 665 g/mol. The van der Waals surface area contributed by atoms with Crippen LogP contribution in [0.15, 0.2) is 24.4 Å². The molecule has 2 amide bonds. The van der Waals surface area contributed by atoms with Crippen molar-refractivity contribution in [2.75, 3.05) is 44.8 Å². The first-order valence-corrected chi connectivity index (χ1v) is 18.7. The van der Waals surface area contributed by atoms with E-state index in [1.807, 2.05) is 53.7 Å². The summed E-state index contributed by atoms with van der Waals surface area (Å²) in [5.41, 5.74) is 1.12. The summed E-state index contributed by atoms with van der Waals surface area (Å²) >= 11 is 0. The monoisotopic (exact) mass is 721 g/mol. The number of amides is 2. The number of aromatic nitrogens is 2. The Morgan fingerprint density at radius 3 is 2.44 bits per heavy atom. The van der Waals surface area contributed by atoms with Crippen LogP contribution in [0.2, 0.25) is 0 Å². The molecule has 52 heavy (non-hydrogen) atoms. The Labute approximate surface area is 307 Å². The highest BCUT2D eigenvalue weighted by molar-refractivity contribution is 6.03. The molecule has 1 aromatic carbocycles. The van der Waals surface area contributed by atoms with E-state index in [1.165, 1.54) is 4.90 Å². The molecule has 6 rings (SSSR count). The molecule has 2 unspecified atom stereocenters. The van der Waals surface area contributed by atoms with Gasteiger partial charge in [0.05, 0.1) is 18.3 Å². The summed E-state index contributed by atoms with van der Waals surface area (Å²) < 4.78 is 41.1. The molecule has 0 saturated carbocycles. The molecule has 2 saturated heterocycles. The quantitative estimate of drug-likeness (QED) is 0.248. The highest BCUT2D eigenvalue weighted by Crippen LogP contribution is 2.43. The van der Waals surface area contributed by atoms with Crippen LogP contribution in [0.4, 0.5) is 19.7 Å². The normalized spacial score (nSPS) is 19.0. The molecule has 0 spiro atoms. The van der Waals surface area contributed by atoms with Gasteiger partial charge in [-0.3, -0.25) is 9.88 Å². The largest absolute Gasteiger partial charge is 0.493 e. The van der Waals surface area contributed by atoms with Crippen LogP contribution in [0, 0.1) is 12.7 Å². The number of halogens is 1. The maximum atomic E-state index is 17.0. The van der Waals surface area contributed by atoms with E-state index >= 15 is 4.39 Å². The molecule has 2 atom stereocenters. The van der Waals surface area contributed by atoms with Crippen molar-refractivity contribution in [3.63, 3.8) is 0 Å². The number of carbonyl (C=O) groups is 2. The second kappa shape index (κ2) is 15.8. The lowest BCUT2D eigenvalue weighted by Gasteiger charge is -2.34. The van der Waals surface area contributed by atoms with Gasteiger partial charge in [-0.05, 0) is 106 Å². The number of hydrogen-bond donors (Lipinski definition) is 0. The zero-order chi connectivity index (χ0) is 38.0. The Morgan fingerprint density at radius 1 is 1.04 bits per heavy atom. The van der Waals surface area contributed by atoms with Crippen LogP contribution in [0.25, 0.3) is 22.2 Å². The number of pyridine rings is 2. The van der Waals surface area contributed by atoms with Crippen molar-refractivity contribution < 1.29 is 32.9 Å². The second-order valence-corrected chi connectivity index (χ2v) is 15.6. The number of benzene rings is 1. The van der Waals surface area contributed by atoms with Crippen LogP contribution >= 0.6 is 0 Å². The van der Waals surface area contributed by atoms with Gasteiger partial charge in [0.25, 0.3) is 0 Å². The average molecular weight is 722 g/mol. The van der Waals surface area contributed by atoms with Crippen molar-refractivity contribution in [3.8, 4) is 22.9 Å². The van der Waals surface area contributed by atoms with Gasteiger partial charge in [-0.25, -0.2) is 19.0 Å². The number of hydrogen-bond acceptors (Lipinski definition) is 9. The number of likely N-dealkylation sites (tertiary alicyclic amines) is 2.